The molecule has 0 saturated carbocycles. The molecule has 4 heteroatoms. The van der Waals surface area contributed by atoms with Gasteiger partial charge in [0.2, 0.25) is 0 Å². The molecule has 0 unspecified atom stereocenters. The molecule has 72 valence electrons. The van der Waals surface area contributed by atoms with Gasteiger partial charge in [0.25, 0.3) is 0 Å². The summed E-state index contributed by atoms with van der Waals surface area (Å²) in [5, 5.41) is 4.29. The van der Waals surface area contributed by atoms with Gasteiger partial charge in [-0.15, -0.1) is 0 Å². The minimum Gasteiger partial charge on any atom is -0.384 e. The normalized spacial score (nSPS) is 15.8. The highest BCUT2D eigenvalue weighted by molar-refractivity contribution is 5.44. The molecule has 1 heterocycles. The van der Waals surface area contributed by atoms with E-state index in [2.05, 4.69) is 5.10 Å². The molecule has 1 aromatic heterocycles. The Balaban J connectivity index is 2.33. The van der Waals surface area contributed by atoms with E-state index < -0.39 is 6.67 Å². The molecule has 0 atom stereocenters. The van der Waals surface area contributed by atoms with E-state index >= 15 is 0 Å². The maximum Gasteiger partial charge on any atom is 0.125 e. The van der Waals surface area contributed by atoms with E-state index in [4.69, 9.17) is 5.73 Å². The Morgan fingerprint density at radius 2 is 2.15 bits per heavy atom. The number of alkyl halides is 1. The van der Waals surface area contributed by atoms with Crippen LogP contribution in [0.2, 0.25) is 0 Å². The van der Waals surface area contributed by atoms with Crippen LogP contribution < -0.4 is 5.73 Å². The van der Waals surface area contributed by atoms with Crippen molar-refractivity contribution in [3.8, 4) is 0 Å². The van der Waals surface area contributed by atoms with Crippen molar-refractivity contribution < 1.29 is 4.39 Å². The molecular weight excluding hydrogens is 169 g/mol. The van der Waals surface area contributed by atoms with Crippen LogP contribution in [0.4, 0.5) is 10.2 Å². The Morgan fingerprint density at radius 1 is 1.38 bits per heavy atom. The van der Waals surface area contributed by atoms with E-state index in [0.717, 1.165) is 24.1 Å². The molecule has 0 bridgehead atoms. The lowest BCUT2D eigenvalue weighted by Gasteiger charge is -2.08. The molecule has 0 saturated heterocycles. The summed E-state index contributed by atoms with van der Waals surface area (Å²) in [5.74, 6) is 0.673. The highest BCUT2D eigenvalue weighted by Gasteiger charge is 2.17. The Bertz CT molecular complexity index is 306. The largest absolute Gasteiger partial charge is 0.384 e. The standard InChI is InChI=1S/C9H14FN3/c10-5-6-13-9(11)7-3-1-2-4-8(7)12-13/h1-6,11H2. The average Bonchev–Trinajstić information content (AvgIpc) is 2.46. The summed E-state index contributed by atoms with van der Waals surface area (Å²) in [4.78, 5) is 0. The lowest BCUT2D eigenvalue weighted by Crippen LogP contribution is -2.06. The number of anilines is 1. The van der Waals surface area contributed by atoms with Crippen molar-refractivity contribution in [2.24, 2.45) is 0 Å². The summed E-state index contributed by atoms with van der Waals surface area (Å²) in [6, 6.07) is 0. The zero-order valence-corrected chi connectivity index (χ0v) is 7.59. The summed E-state index contributed by atoms with van der Waals surface area (Å²) in [5.41, 5.74) is 8.08. The quantitative estimate of drug-likeness (QED) is 0.751. The summed E-state index contributed by atoms with van der Waals surface area (Å²) in [7, 11) is 0. The van der Waals surface area contributed by atoms with E-state index in [9.17, 15) is 4.39 Å². The van der Waals surface area contributed by atoms with Crippen molar-refractivity contribution in [3.63, 3.8) is 0 Å². The first kappa shape index (κ1) is 8.53. The van der Waals surface area contributed by atoms with Crippen LogP contribution in [-0.4, -0.2) is 16.5 Å². The number of rotatable bonds is 2. The molecule has 1 aliphatic rings. The number of halogens is 1. The Morgan fingerprint density at radius 3 is 2.85 bits per heavy atom. The van der Waals surface area contributed by atoms with Crippen LogP contribution >= 0.6 is 0 Å². The van der Waals surface area contributed by atoms with Gasteiger partial charge in [0.15, 0.2) is 0 Å². The Hall–Kier alpha value is -1.06. The first-order valence-electron chi connectivity index (χ1n) is 4.73. The summed E-state index contributed by atoms with van der Waals surface area (Å²) >= 11 is 0. The zero-order valence-electron chi connectivity index (χ0n) is 7.59. The van der Waals surface area contributed by atoms with Gasteiger partial charge in [0.05, 0.1) is 12.2 Å². The maximum atomic E-state index is 12.1. The molecule has 0 aliphatic heterocycles. The first-order chi connectivity index (χ1) is 6.33. The lowest BCUT2D eigenvalue weighted by atomic mass is 9.98. The smallest absolute Gasteiger partial charge is 0.125 e. The molecular formula is C9H14FN3. The van der Waals surface area contributed by atoms with Gasteiger partial charge in [-0.1, -0.05) is 0 Å². The third kappa shape index (κ3) is 1.41. The van der Waals surface area contributed by atoms with Gasteiger partial charge < -0.3 is 5.73 Å². The summed E-state index contributed by atoms with van der Waals surface area (Å²) in [6.45, 7) is -0.108. The van der Waals surface area contributed by atoms with E-state index in [0.29, 0.717) is 12.4 Å². The zero-order chi connectivity index (χ0) is 9.26. The number of nitrogens with two attached hydrogens (primary N) is 1. The van der Waals surface area contributed by atoms with Crippen molar-refractivity contribution in [2.75, 3.05) is 12.4 Å². The van der Waals surface area contributed by atoms with Crippen LogP contribution in [0.5, 0.6) is 0 Å². The minimum absolute atomic E-state index is 0.291. The number of hydrogen-bond donors (Lipinski definition) is 1. The number of aromatic nitrogens is 2. The molecule has 3 nitrogen and oxygen atoms in total. The molecule has 2 rings (SSSR count). The molecule has 1 aliphatic carbocycles. The predicted molar refractivity (Wildman–Crippen MR) is 49.3 cm³/mol. The summed E-state index contributed by atoms with van der Waals surface area (Å²) < 4.78 is 13.7. The van der Waals surface area contributed by atoms with E-state index in [-0.39, 0.29) is 0 Å². The van der Waals surface area contributed by atoms with E-state index in [1.165, 1.54) is 12.8 Å². The van der Waals surface area contributed by atoms with Crippen molar-refractivity contribution in [1.82, 2.24) is 9.78 Å². The fourth-order valence-corrected chi connectivity index (χ4v) is 1.88. The molecule has 13 heavy (non-hydrogen) atoms. The van der Waals surface area contributed by atoms with Gasteiger partial charge in [0, 0.05) is 5.56 Å². The molecule has 0 amide bonds. The minimum atomic E-state index is -0.398. The molecule has 0 aromatic carbocycles. The van der Waals surface area contributed by atoms with Crippen molar-refractivity contribution >= 4 is 5.82 Å². The second-order valence-corrected chi connectivity index (χ2v) is 3.43. The molecule has 0 spiro atoms. The molecule has 0 fully saturated rings. The Labute approximate surface area is 76.7 Å². The fourth-order valence-electron chi connectivity index (χ4n) is 1.88. The van der Waals surface area contributed by atoms with Crippen molar-refractivity contribution in [3.05, 3.63) is 11.3 Å². The van der Waals surface area contributed by atoms with Crippen LogP contribution in [0.15, 0.2) is 0 Å². The topological polar surface area (TPSA) is 43.8 Å². The number of nitrogens with zero attached hydrogens (tertiary/aromatic N) is 2. The van der Waals surface area contributed by atoms with Crippen molar-refractivity contribution in [1.29, 1.82) is 0 Å². The highest BCUT2D eigenvalue weighted by Crippen LogP contribution is 2.25. The third-order valence-corrected chi connectivity index (χ3v) is 2.56. The van der Waals surface area contributed by atoms with Gasteiger partial charge >= 0.3 is 0 Å². The predicted octanol–water partition coefficient (Wildman–Crippen LogP) is 1.31. The van der Waals surface area contributed by atoms with Crippen LogP contribution in [0.1, 0.15) is 24.1 Å². The van der Waals surface area contributed by atoms with Crippen LogP contribution in [0.3, 0.4) is 0 Å². The fraction of sp³-hybridized carbons (Fsp3) is 0.667. The Kier molecular flexibility index (Phi) is 2.20. The van der Waals surface area contributed by atoms with Gasteiger partial charge in [-0.2, -0.15) is 5.10 Å². The number of fused-ring (bicyclic) bond motifs is 1. The maximum absolute atomic E-state index is 12.1. The van der Waals surface area contributed by atoms with Crippen molar-refractivity contribution in [2.45, 2.75) is 32.2 Å². The van der Waals surface area contributed by atoms with Gasteiger partial charge in [-0.25, -0.2) is 9.07 Å². The second-order valence-electron chi connectivity index (χ2n) is 3.43. The summed E-state index contributed by atoms with van der Waals surface area (Å²) in [6.07, 6.45) is 4.36. The van der Waals surface area contributed by atoms with E-state index in [1.807, 2.05) is 0 Å². The average molecular weight is 183 g/mol. The lowest BCUT2D eigenvalue weighted by molar-refractivity contribution is 0.428. The third-order valence-electron chi connectivity index (χ3n) is 2.56. The van der Waals surface area contributed by atoms with Gasteiger partial charge in [-0.3, -0.25) is 0 Å². The number of hydrogen-bond acceptors (Lipinski definition) is 2. The second kappa shape index (κ2) is 3.36. The molecule has 0 radical (unpaired) electrons. The van der Waals surface area contributed by atoms with Gasteiger partial charge in [0.1, 0.15) is 12.5 Å². The molecule has 2 N–H and O–H groups in total. The SMILES string of the molecule is Nc1c2c(nn1CCF)CCCC2. The van der Waals surface area contributed by atoms with Crippen LogP contribution in [0, 0.1) is 0 Å². The number of nitrogen functional groups attached to an aromatic ring is 1. The molecule has 1 aromatic rings. The van der Waals surface area contributed by atoms with Crippen LogP contribution in [0.25, 0.3) is 0 Å². The van der Waals surface area contributed by atoms with Crippen LogP contribution in [-0.2, 0) is 19.4 Å². The number of aryl methyl sites for hydroxylation is 2. The van der Waals surface area contributed by atoms with Gasteiger partial charge in [-0.05, 0) is 25.7 Å². The highest BCUT2D eigenvalue weighted by atomic mass is 19.1. The van der Waals surface area contributed by atoms with E-state index in [1.54, 1.807) is 4.68 Å². The first-order valence-corrected chi connectivity index (χ1v) is 4.73. The monoisotopic (exact) mass is 183 g/mol.